The number of phenols is 1. The fraction of sp³-hybridized carbons (Fsp3) is 0.143. The molecule has 50 valence electrons. The summed E-state index contributed by atoms with van der Waals surface area (Å²) in [5, 5.41) is 8.99. The second kappa shape index (κ2) is 4.27. The fourth-order valence-electron chi connectivity index (χ4n) is 0.630. The molecule has 0 aliphatic carbocycles. The zero-order valence-electron chi connectivity index (χ0n) is 7.16. The van der Waals surface area contributed by atoms with Gasteiger partial charge in [-0.05, 0) is 12.1 Å². The quantitative estimate of drug-likeness (QED) is 0.472. The van der Waals surface area contributed by atoms with Gasteiger partial charge in [0.05, 0.1) is 7.11 Å². The minimum absolute atomic E-state index is 0. The van der Waals surface area contributed by atoms with Crippen LogP contribution in [0.5, 0.6) is 11.5 Å². The van der Waals surface area contributed by atoms with Crippen molar-refractivity contribution in [3.8, 4) is 11.5 Å². The normalized spacial score (nSPS) is 8.10. The van der Waals surface area contributed by atoms with Crippen LogP contribution in [0.4, 0.5) is 0 Å². The van der Waals surface area contributed by atoms with E-state index in [1.807, 2.05) is 0 Å². The minimum atomic E-state index is 0. The van der Waals surface area contributed by atoms with E-state index in [-0.39, 0.29) is 26.0 Å². The van der Waals surface area contributed by atoms with Crippen LogP contribution in [0.25, 0.3) is 0 Å². The molecule has 0 heterocycles. The van der Waals surface area contributed by atoms with Crippen molar-refractivity contribution in [2.45, 2.75) is 0 Å². The van der Waals surface area contributed by atoms with Crippen LogP contribution in [-0.4, -0.2) is 12.2 Å². The van der Waals surface area contributed by atoms with E-state index in [9.17, 15) is 0 Å². The maximum Gasteiger partial charge on any atom is 1.00 e. The molecule has 0 unspecified atom stereocenters. The summed E-state index contributed by atoms with van der Waals surface area (Å²) >= 11 is 0. The Morgan fingerprint density at radius 1 is 1.40 bits per heavy atom. The van der Waals surface area contributed by atoms with Gasteiger partial charge in [-0.25, -0.2) is 0 Å². The number of phenolic OH excluding ortho intramolecular Hbond substituents is 1. The molecule has 0 amide bonds. The van der Waals surface area contributed by atoms with Crippen molar-refractivity contribution in [1.82, 2.24) is 0 Å². The number of ether oxygens (including phenoxy) is 1. The summed E-state index contributed by atoms with van der Waals surface area (Å²) in [5.74, 6) is 0.692. The molecule has 0 bridgehead atoms. The summed E-state index contributed by atoms with van der Waals surface area (Å²) in [5.41, 5.74) is 0. The Morgan fingerprint density at radius 3 is 2.40 bits per heavy atom. The summed E-state index contributed by atoms with van der Waals surface area (Å²) in [6, 6.07) is 6.84. The molecule has 0 fully saturated rings. The first-order valence-corrected chi connectivity index (χ1v) is 2.66. The van der Waals surface area contributed by atoms with Gasteiger partial charge < -0.3 is 11.3 Å². The van der Waals surface area contributed by atoms with Crippen LogP contribution in [0.15, 0.2) is 24.3 Å². The number of hydrogen-bond acceptors (Lipinski definition) is 2. The molecule has 2 nitrogen and oxygen atoms in total. The second-order valence-electron chi connectivity index (χ2n) is 1.67. The van der Waals surface area contributed by atoms with Crippen molar-refractivity contribution in [3.05, 3.63) is 24.3 Å². The van der Waals surface area contributed by atoms with E-state index >= 15 is 0 Å². The maximum atomic E-state index is 8.99. The van der Waals surface area contributed by atoms with Gasteiger partial charge in [-0.2, -0.15) is 0 Å². The number of rotatable bonds is 1. The number of methoxy groups -OCH3 is 1. The molecule has 10 heavy (non-hydrogen) atoms. The molecule has 1 N–H and O–H groups in total. The third-order valence-electron chi connectivity index (χ3n) is 1.09. The summed E-state index contributed by atoms with van der Waals surface area (Å²) < 4.78 is 4.79. The molecular formula is C7H9LiO2. The molecule has 0 saturated heterocycles. The third kappa shape index (κ3) is 1.98. The van der Waals surface area contributed by atoms with Crippen molar-refractivity contribution in [2.24, 2.45) is 0 Å². The molecule has 0 aliphatic heterocycles. The summed E-state index contributed by atoms with van der Waals surface area (Å²) in [6.07, 6.45) is 0. The van der Waals surface area contributed by atoms with Crippen LogP contribution < -0.4 is 23.6 Å². The Hall–Kier alpha value is -0.583. The molecule has 0 atom stereocenters. The van der Waals surface area contributed by atoms with Crippen molar-refractivity contribution in [1.29, 1.82) is 0 Å². The third-order valence-corrected chi connectivity index (χ3v) is 1.09. The van der Waals surface area contributed by atoms with Crippen LogP contribution in [-0.2, 0) is 0 Å². The fourth-order valence-corrected chi connectivity index (χ4v) is 0.630. The first-order chi connectivity index (χ1) is 4.34. The van der Waals surface area contributed by atoms with E-state index in [0.717, 1.165) is 0 Å². The van der Waals surface area contributed by atoms with E-state index in [0.29, 0.717) is 5.75 Å². The van der Waals surface area contributed by atoms with Crippen LogP contribution in [0.2, 0.25) is 0 Å². The predicted octanol–water partition coefficient (Wildman–Crippen LogP) is -1.48. The van der Waals surface area contributed by atoms with Gasteiger partial charge in [0, 0.05) is 0 Å². The van der Waals surface area contributed by atoms with Crippen LogP contribution in [0.1, 0.15) is 1.43 Å². The standard InChI is InChI=1S/C7H8O2.Li.H/c1-9-7-5-3-2-4-6(7)8;;/h2-5,8H,1H3;;/q;+1;-1. The largest absolute Gasteiger partial charge is 1.00 e. The summed E-state index contributed by atoms with van der Waals surface area (Å²) in [7, 11) is 1.52. The van der Waals surface area contributed by atoms with E-state index in [1.54, 1.807) is 24.3 Å². The van der Waals surface area contributed by atoms with E-state index < -0.39 is 0 Å². The smallest absolute Gasteiger partial charge is 1.00 e. The molecule has 1 rings (SSSR count). The van der Waals surface area contributed by atoms with Crippen LogP contribution >= 0.6 is 0 Å². The van der Waals surface area contributed by atoms with Gasteiger partial charge in [0.2, 0.25) is 0 Å². The Labute approximate surface area is 73.5 Å². The van der Waals surface area contributed by atoms with E-state index in [2.05, 4.69) is 0 Å². The SMILES string of the molecule is COc1ccccc1O.[H-].[Li+]. The first-order valence-electron chi connectivity index (χ1n) is 2.66. The zero-order valence-corrected chi connectivity index (χ0v) is 6.16. The molecule has 0 aromatic heterocycles. The number of benzene rings is 1. The van der Waals surface area contributed by atoms with Gasteiger partial charge in [-0.3, -0.25) is 0 Å². The van der Waals surface area contributed by atoms with E-state index in [4.69, 9.17) is 9.84 Å². The topological polar surface area (TPSA) is 29.5 Å². The van der Waals surface area contributed by atoms with Gasteiger partial charge in [-0.1, -0.05) is 12.1 Å². The van der Waals surface area contributed by atoms with Crippen molar-refractivity contribution < 1.29 is 30.1 Å². The Kier molecular flexibility index (Phi) is 4.02. The average molecular weight is 132 g/mol. The molecule has 0 radical (unpaired) electrons. The van der Waals surface area contributed by atoms with Gasteiger partial charge in [-0.15, -0.1) is 0 Å². The van der Waals surface area contributed by atoms with Gasteiger partial charge in [0.1, 0.15) is 0 Å². The van der Waals surface area contributed by atoms with Crippen molar-refractivity contribution in [2.75, 3.05) is 7.11 Å². The number of aromatic hydroxyl groups is 1. The molecule has 0 aliphatic rings. The Balaban J connectivity index is 0. The monoisotopic (exact) mass is 132 g/mol. The molecule has 1 aromatic rings. The maximum absolute atomic E-state index is 8.99. The van der Waals surface area contributed by atoms with E-state index in [1.165, 1.54) is 7.11 Å². The molecule has 0 spiro atoms. The number of hydrogen-bond donors (Lipinski definition) is 1. The zero-order chi connectivity index (χ0) is 6.69. The molecular weight excluding hydrogens is 123 g/mol. The van der Waals surface area contributed by atoms with Crippen molar-refractivity contribution >= 4 is 0 Å². The Bertz CT molecular complexity index is 205. The molecule has 0 saturated carbocycles. The summed E-state index contributed by atoms with van der Waals surface area (Å²) in [4.78, 5) is 0. The van der Waals surface area contributed by atoms with Gasteiger partial charge in [0.25, 0.3) is 0 Å². The van der Waals surface area contributed by atoms with Crippen LogP contribution in [0.3, 0.4) is 0 Å². The summed E-state index contributed by atoms with van der Waals surface area (Å²) in [6.45, 7) is 0. The molecule has 1 aromatic carbocycles. The minimum Gasteiger partial charge on any atom is -1.00 e. The average Bonchev–Trinajstić information content (AvgIpc) is 1.89. The number of para-hydroxylation sites is 2. The first kappa shape index (κ1) is 9.42. The molecule has 3 heteroatoms. The Morgan fingerprint density at radius 2 is 2.00 bits per heavy atom. The van der Waals surface area contributed by atoms with Crippen molar-refractivity contribution in [3.63, 3.8) is 0 Å². The van der Waals surface area contributed by atoms with Gasteiger partial charge in [0.15, 0.2) is 11.5 Å². The van der Waals surface area contributed by atoms with Crippen LogP contribution in [0, 0.1) is 0 Å². The van der Waals surface area contributed by atoms with Gasteiger partial charge >= 0.3 is 18.9 Å². The predicted molar refractivity (Wildman–Crippen MR) is 35.8 cm³/mol. The second-order valence-corrected chi connectivity index (χ2v) is 1.67.